The molecule has 0 spiro atoms. The highest BCUT2D eigenvalue weighted by atomic mass is 16.1. The molecule has 1 amide bonds. The first-order valence-corrected chi connectivity index (χ1v) is 6.21. The van der Waals surface area contributed by atoms with Crippen LogP contribution >= 0.6 is 0 Å². The van der Waals surface area contributed by atoms with Crippen molar-refractivity contribution in [2.45, 2.75) is 25.9 Å². The van der Waals surface area contributed by atoms with Gasteiger partial charge in [0, 0.05) is 5.56 Å². The standard InChI is InChI=1S/C14H15N3O/c15-13(18)10-16-9-12(11-5-2-1-3-6-11)17-8-4-7-14(16)17/h1-3,5-6,9H,4,7-8,10H2,(H-,15,18)/p+1. The molecule has 2 heterocycles. The minimum atomic E-state index is -0.292. The Kier molecular flexibility index (Phi) is 2.63. The average molecular weight is 242 g/mol. The Bertz CT molecular complexity index is 587. The third kappa shape index (κ3) is 1.79. The van der Waals surface area contributed by atoms with Gasteiger partial charge in [-0.15, -0.1) is 0 Å². The number of nitrogens with two attached hydrogens (primary N) is 1. The molecule has 0 fully saturated rings. The number of fused-ring (bicyclic) bond motifs is 1. The molecule has 1 aromatic heterocycles. The number of aromatic nitrogens is 2. The van der Waals surface area contributed by atoms with Gasteiger partial charge in [-0.2, -0.15) is 0 Å². The number of benzene rings is 1. The second kappa shape index (κ2) is 4.29. The lowest BCUT2D eigenvalue weighted by Crippen LogP contribution is -2.42. The van der Waals surface area contributed by atoms with Gasteiger partial charge in [0.15, 0.2) is 12.2 Å². The van der Waals surface area contributed by atoms with Crippen molar-refractivity contribution in [3.63, 3.8) is 0 Å². The summed E-state index contributed by atoms with van der Waals surface area (Å²) in [6, 6.07) is 10.3. The van der Waals surface area contributed by atoms with Crippen LogP contribution in [-0.4, -0.2) is 10.5 Å². The van der Waals surface area contributed by atoms with E-state index in [1.54, 1.807) is 0 Å². The SMILES string of the molecule is NC(=O)C[n+]1cc(-c2ccccc2)n2c1CCC2. The fraction of sp³-hybridized carbons (Fsp3) is 0.286. The first-order valence-electron chi connectivity index (χ1n) is 6.21. The quantitative estimate of drug-likeness (QED) is 0.798. The van der Waals surface area contributed by atoms with Gasteiger partial charge in [0.2, 0.25) is 0 Å². The van der Waals surface area contributed by atoms with E-state index in [2.05, 4.69) is 16.7 Å². The van der Waals surface area contributed by atoms with Crippen molar-refractivity contribution >= 4 is 5.91 Å². The molecule has 0 saturated carbocycles. The zero-order valence-corrected chi connectivity index (χ0v) is 10.2. The maximum Gasteiger partial charge on any atom is 0.259 e. The van der Waals surface area contributed by atoms with Gasteiger partial charge in [-0.3, -0.25) is 4.79 Å². The summed E-state index contributed by atoms with van der Waals surface area (Å²) in [7, 11) is 0. The van der Waals surface area contributed by atoms with Gasteiger partial charge in [0.25, 0.3) is 11.7 Å². The van der Waals surface area contributed by atoms with Gasteiger partial charge >= 0.3 is 0 Å². The van der Waals surface area contributed by atoms with E-state index in [4.69, 9.17) is 5.73 Å². The zero-order valence-electron chi connectivity index (χ0n) is 10.2. The van der Waals surface area contributed by atoms with Crippen molar-refractivity contribution in [2.75, 3.05) is 0 Å². The van der Waals surface area contributed by atoms with E-state index in [9.17, 15) is 4.79 Å². The molecular weight excluding hydrogens is 226 g/mol. The van der Waals surface area contributed by atoms with Gasteiger partial charge in [-0.25, -0.2) is 9.13 Å². The molecule has 2 aromatic rings. The summed E-state index contributed by atoms with van der Waals surface area (Å²) in [6.45, 7) is 1.29. The number of primary amides is 1. The van der Waals surface area contributed by atoms with Crippen molar-refractivity contribution in [3.8, 4) is 11.3 Å². The summed E-state index contributed by atoms with van der Waals surface area (Å²) >= 11 is 0. The number of imidazole rings is 1. The summed E-state index contributed by atoms with van der Waals surface area (Å²) in [5.74, 6) is 0.910. The molecular formula is C14H16N3O+. The number of nitrogens with zero attached hydrogens (tertiary/aromatic N) is 2. The van der Waals surface area contributed by atoms with E-state index in [1.165, 1.54) is 17.1 Å². The van der Waals surface area contributed by atoms with Crippen molar-refractivity contribution in [2.24, 2.45) is 5.73 Å². The van der Waals surface area contributed by atoms with Crippen molar-refractivity contribution < 1.29 is 9.36 Å². The summed E-state index contributed by atoms with van der Waals surface area (Å²) in [5.41, 5.74) is 7.65. The summed E-state index contributed by atoms with van der Waals surface area (Å²) in [5, 5.41) is 0. The number of carbonyl (C=O) groups excluding carboxylic acids is 1. The second-order valence-electron chi connectivity index (χ2n) is 4.65. The molecule has 18 heavy (non-hydrogen) atoms. The van der Waals surface area contributed by atoms with Crippen LogP contribution in [0.25, 0.3) is 11.3 Å². The monoisotopic (exact) mass is 242 g/mol. The van der Waals surface area contributed by atoms with Crippen LogP contribution in [0.4, 0.5) is 0 Å². The molecule has 1 aromatic carbocycles. The van der Waals surface area contributed by atoms with Gasteiger partial charge in [0.05, 0.1) is 13.0 Å². The predicted molar refractivity (Wildman–Crippen MR) is 67.6 cm³/mol. The number of carbonyl (C=O) groups is 1. The lowest BCUT2D eigenvalue weighted by atomic mass is 10.2. The lowest BCUT2D eigenvalue weighted by Gasteiger charge is -1.97. The van der Waals surface area contributed by atoms with E-state index < -0.39 is 0 Å². The van der Waals surface area contributed by atoms with Crippen LogP contribution in [0.3, 0.4) is 0 Å². The van der Waals surface area contributed by atoms with Crippen LogP contribution < -0.4 is 10.3 Å². The normalized spacial score (nSPS) is 13.6. The molecule has 4 nitrogen and oxygen atoms in total. The van der Waals surface area contributed by atoms with Gasteiger partial charge < -0.3 is 5.73 Å². The first-order chi connectivity index (χ1) is 8.75. The minimum absolute atomic E-state index is 0.266. The van der Waals surface area contributed by atoms with Crippen LogP contribution in [0.1, 0.15) is 12.2 Å². The number of hydrogen-bond donors (Lipinski definition) is 1. The van der Waals surface area contributed by atoms with E-state index in [0.29, 0.717) is 0 Å². The Morgan fingerprint density at radius 3 is 2.83 bits per heavy atom. The average Bonchev–Trinajstić information content (AvgIpc) is 2.93. The summed E-state index contributed by atoms with van der Waals surface area (Å²) in [4.78, 5) is 11.1. The van der Waals surface area contributed by atoms with E-state index in [1.807, 2.05) is 29.0 Å². The Labute approximate surface area is 106 Å². The Morgan fingerprint density at radius 2 is 2.11 bits per heavy atom. The van der Waals surface area contributed by atoms with Gasteiger partial charge in [0.1, 0.15) is 6.20 Å². The molecule has 1 aliphatic rings. The van der Waals surface area contributed by atoms with Crippen LogP contribution in [0.5, 0.6) is 0 Å². The van der Waals surface area contributed by atoms with E-state index >= 15 is 0 Å². The van der Waals surface area contributed by atoms with E-state index in [-0.39, 0.29) is 12.5 Å². The molecule has 0 bridgehead atoms. The predicted octanol–water partition coefficient (Wildman–Crippen LogP) is 0.874. The van der Waals surface area contributed by atoms with Crippen molar-refractivity contribution in [3.05, 3.63) is 42.4 Å². The van der Waals surface area contributed by atoms with E-state index in [0.717, 1.165) is 19.4 Å². The molecule has 0 saturated heterocycles. The maximum absolute atomic E-state index is 11.1. The second-order valence-corrected chi connectivity index (χ2v) is 4.65. The maximum atomic E-state index is 11.1. The fourth-order valence-corrected chi connectivity index (χ4v) is 2.65. The number of hydrogen-bond acceptors (Lipinski definition) is 1. The van der Waals surface area contributed by atoms with Crippen molar-refractivity contribution in [1.82, 2.24) is 4.57 Å². The van der Waals surface area contributed by atoms with Crippen LogP contribution in [-0.2, 0) is 24.3 Å². The van der Waals surface area contributed by atoms with Crippen LogP contribution in [0.2, 0.25) is 0 Å². The molecule has 2 N–H and O–H groups in total. The van der Waals surface area contributed by atoms with Gasteiger partial charge in [-0.05, 0) is 6.42 Å². The third-order valence-corrected chi connectivity index (χ3v) is 3.39. The molecule has 1 aliphatic heterocycles. The van der Waals surface area contributed by atoms with Gasteiger partial charge in [-0.1, -0.05) is 30.3 Å². The lowest BCUT2D eigenvalue weighted by molar-refractivity contribution is -0.690. The molecule has 4 heteroatoms. The molecule has 3 rings (SSSR count). The fourth-order valence-electron chi connectivity index (χ4n) is 2.65. The Hall–Kier alpha value is -2.10. The molecule has 92 valence electrons. The smallest absolute Gasteiger partial charge is 0.259 e. The highest BCUT2D eigenvalue weighted by Gasteiger charge is 2.28. The minimum Gasteiger partial charge on any atom is -0.366 e. The highest BCUT2D eigenvalue weighted by Crippen LogP contribution is 2.24. The molecule has 0 radical (unpaired) electrons. The topological polar surface area (TPSA) is 51.9 Å². The number of rotatable bonds is 3. The largest absolute Gasteiger partial charge is 0.366 e. The molecule has 0 unspecified atom stereocenters. The Balaban J connectivity index is 2.09. The molecule has 0 atom stereocenters. The zero-order chi connectivity index (χ0) is 12.5. The molecule has 0 aliphatic carbocycles. The number of amides is 1. The van der Waals surface area contributed by atoms with Crippen molar-refractivity contribution in [1.29, 1.82) is 0 Å². The third-order valence-electron chi connectivity index (χ3n) is 3.39. The first kappa shape index (κ1) is 11.0. The highest BCUT2D eigenvalue weighted by molar-refractivity contribution is 5.72. The summed E-state index contributed by atoms with van der Waals surface area (Å²) in [6.07, 6.45) is 4.18. The Morgan fingerprint density at radius 1 is 1.33 bits per heavy atom. The summed E-state index contributed by atoms with van der Waals surface area (Å²) < 4.78 is 4.27. The van der Waals surface area contributed by atoms with Crippen LogP contribution in [0.15, 0.2) is 36.5 Å². The van der Waals surface area contributed by atoms with Crippen LogP contribution in [0, 0.1) is 0 Å².